The van der Waals surface area contributed by atoms with Gasteiger partial charge in [0.1, 0.15) is 11.2 Å². The van der Waals surface area contributed by atoms with Crippen molar-refractivity contribution in [1.82, 2.24) is 4.48 Å². The Balaban J connectivity index is 0.967. The summed E-state index contributed by atoms with van der Waals surface area (Å²) in [5.74, 6) is 5.27. The van der Waals surface area contributed by atoms with Crippen molar-refractivity contribution in [3.63, 3.8) is 0 Å². The van der Waals surface area contributed by atoms with Crippen LogP contribution in [0.15, 0.2) is 162 Å². The molecule has 0 spiro atoms. The van der Waals surface area contributed by atoms with Crippen LogP contribution in [0.25, 0.3) is 87.5 Å². The molecule has 0 amide bonds. The maximum Gasteiger partial charge on any atom is 0.337 e. The van der Waals surface area contributed by atoms with E-state index in [1.54, 1.807) is 11.1 Å². The van der Waals surface area contributed by atoms with E-state index in [1.807, 2.05) is 0 Å². The summed E-state index contributed by atoms with van der Waals surface area (Å²) in [5, 5.41) is 10.4. The van der Waals surface area contributed by atoms with Crippen molar-refractivity contribution < 1.29 is 4.42 Å². The van der Waals surface area contributed by atoms with Gasteiger partial charge in [-0.25, -0.2) is 0 Å². The van der Waals surface area contributed by atoms with Crippen molar-refractivity contribution >= 4 is 100 Å². The average Bonchev–Trinajstić information content (AvgIpc) is 3.20. The van der Waals surface area contributed by atoms with Crippen LogP contribution < -0.4 is 15.8 Å². The maximum atomic E-state index is 7.57. The molecule has 4 heterocycles. The Kier molecular flexibility index (Phi) is 8.44. The van der Waals surface area contributed by atoms with Crippen LogP contribution in [-0.2, 0) is 16.2 Å². The first-order valence-corrected chi connectivity index (χ1v) is 30.2. The van der Waals surface area contributed by atoms with E-state index in [9.17, 15) is 0 Å². The minimum atomic E-state index is -0.151. The number of rotatable bonds is 4. The van der Waals surface area contributed by atoms with Crippen LogP contribution >= 0.6 is 0 Å². The number of hydrogen-bond acceptors (Lipinski definition) is 2. The highest BCUT2D eigenvalue weighted by Crippen LogP contribution is 2.64. The number of hydrogen-bond donors (Lipinski definition) is 0. The molecule has 8 fully saturated rings. The van der Waals surface area contributed by atoms with Gasteiger partial charge in [0, 0.05) is 60.2 Å². The lowest BCUT2D eigenvalue weighted by molar-refractivity contribution is -0.00527. The van der Waals surface area contributed by atoms with Gasteiger partial charge in [-0.15, -0.1) is 0 Å². The molecule has 11 aromatic rings. The summed E-state index contributed by atoms with van der Waals surface area (Å²) in [6.07, 6.45) is 16.9. The standard InChI is InChI=1S/C74H65BN2O/c1-72(2,3)52-17-20-63(57(32-52)48-11-5-4-6-12-48)76-65-22-19-56-59-29-49-13-7-8-14-50(49)31-66(59)78-71(56)68(65)75-67-60(30-51-15-9-10-16-55(51)70(67)76)62-35-54(74-39-45-26-46(40-74)28-47(27-45)41-74)34-61-58-33-53(18-21-64(58)77(75)69(61)62)73-36-42-23-43(37-73)25-44(24-42)38-73/h4-22,29-35,42-47H,23-28,36-41H2,1-3H3. The fourth-order valence-electron chi connectivity index (χ4n) is 20.1. The van der Waals surface area contributed by atoms with Gasteiger partial charge in [-0.05, 0) is 245 Å². The van der Waals surface area contributed by atoms with E-state index >= 15 is 0 Å². The van der Waals surface area contributed by atoms with Gasteiger partial charge in [-0.2, -0.15) is 0 Å². The first kappa shape index (κ1) is 43.9. The second kappa shape index (κ2) is 15.0. The molecule has 2 aliphatic heterocycles. The lowest BCUT2D eigenvalue weighted by Crippen LogP contribution is -2.57. The molecular formula is C74H65BN2O. The molecular weight excluding hydrogens is 944 g/mol. The Morgan fingerprint density at radius 1 is 0.462 bits per heavy atom. The quantitative estimate of drug-likeness (QED) is 0.164. The Morgan fingerprint density at radius 2 is 1.08 bits per heavy atom. The summed E-state index contributed by atoms with van der Waals surface area (Å²) in [5.41, 5.74) is 21.5. The van der Waals surface area contributed by atoms with Crippen LogP contribution in [0.2, 0.25) is 0 Å². The van der Waals surface area contributed by atoms with E-state index in [-0.39, 0.29) is 17.7 Å². The zero-order valence-corrected chi connectivity index (χ0v) is 45.3. The van der Waals surface area contributed by atoms with Gasteiger partial charge in [-0.1, -0.05) is 112 Å². The largest absolute Gasteiger partial charge is 0.456 e. The second-order valence-electron chi connectivity index (χ2n) is 28.1. The van der Waals surface area contributed by atoms with Gasteiger partial charge in [0.25, 0.3) is 0 Å². The van der Waals surface area contributed by atoms with Gasteiger partial charge in [0.15, 0.2) is 0 Å². The van der Waals surface area contributed by atoms with Crippen molar-refractivity contribution in [3.8, 4) is 22.3 Å². The summed E-state index contributed by atoms with van der Waals surface area (Å²) < 4.78 is 10.4. The third-order valence-corrected chi connectivity index (χ3v) is 22.5. The molecule has 0 radical (unpaired) electrons. The topological polar surface area (TPSA) is 21.3 Å². The zero-order chi connectivity index (χ0) is 51.1. The van der Waals surface area contributed by atoms with Crippen molar-refractivity contribution in [2.24, 2.45) is 35.5 Å². The predicted octanol–water partition coefficient (Wildman–Crippen LogP) is 18.3. The molecule has 78 heavy (non-hydrogen) atoms. The van der Waals surface area contributed by atoms with Crippen LogP contribution in [0.4, 0.5) is 17.1 Å². The highest BCUT2D eigenvalue weighted by molar-refractivity contribution is 6.92. The van der Waals surface area contributed by atoms with Crippen LogP contribution in [0.1, 0.15) is 115 Å². The Morgan fingerprint density at radius 3 is 1.77 bits per heavy atom. The van der Waals surface area contributed by atoms with Crippen molar-refractivity contribution in [2.45, 2.75) is 114 Å². The smallest absolute Gasteiger partial charge is 0.337 e. The number of nitrogens with zero attached hydrogens (tertiary/aromatic N) is 2. The van der Waals surface area contributed by atoms with E-state index in [2.05, 4.69) is 188 Å². The number of benzene rings is 9. The molecule has 8 saturated carbocycles. The van der Waals surface area contributed by atoms with Crippen LogP contribution in [-0.4, -0.2) is 11.3 Å². The summed E-state index contributed by atoms with van der Waals surface area (Å²) in [6, 6.07) is 62.5. The number of aromatic nitrogens is 1. The van der Waals surface area contributed by atoms with Gasteiger partial charge in [0.05, 0.1) is 11.4 Å². The predicted molar refractivity (Wildman–Crippen MR) is 326 cm³/mol. The fourth-order valence-corrected chi connectivity index (χ4v) is 20.1. The Bertz CT molecular complexity index is 4400. The molecule has 0 N–H and O–H groups in total. The molecule has 9 aromatic carbocycles. The summed E-state index contributed by atoms with van der Waals surface area (Å²) in [7, 11) is 0. The van der Waals surface area contributed by atoms with Gasteiger partial charge in [0.2, 0.25) is 0 Å². The van der Waals surface area contributed by atoms with Crippen molar-refractivity contribution in [2.75, 3.05) is 4.90 Å². The minimum Gasteiger partial charge on any atom is -0.456 e. The Labute approximate surface area is 457 Å². The molecule has 10 aliphatic rings. The molecule has 0 unspecified atom stereocenters. The molecule has 8 bridgehead atoms. The highest BCUT2D eigenvalue weighted by atomic mass is 16.3. The highest BCUT2D eigenvalue weighted by Gasteiger charge is 2.54. The van der Waals surface area contributed by atoms with Crippen molar-refractivity contribution in [3.05, 3.63) is 174 Å². The molecule has 3 nitrogen and oxygen atoms in total. The first-order valence-electron chi connectivity index (χ1n) is 30.2. The Hall–Kier alpha value is -7.04. The zero-order valence-electron chi connectivity index (χ0n) is 45.3. The number of furan rings is 1. The van der Waals surface area contributed by atoms with Crippen LogP contribution in [0, 0.1) is 35.5 Å². The molecule has 21 rings (SSSR count). The van der Waals surface area contributed by atoms with E-state index in [0.717, 1.165) is 46.7 Å². The molecule has 4 heteroatoms. The number of fused-ring (bicyclic) bond motifs is 14. The normalized spacial score (nSPS) is 27.1. The van der Waals surface area contributed by atoms with E-state index in [1.165, 1.54) is 187 Å². The average molecular weight is 1010 g/mol. The van der Waals surface area contributed by atoms with Gasteiger partial charge in [-0.3, -0.25) is 0 Å². The minimum absolute atomic E-state index is 0.0376. The second-order valence-corrected chi connectivity index (χ2v) is 28.1. The summed E-state index contributed by atoms with van der Waals surface area (Å²) >= 11 is 0. The summed E-state index contributed by atoms with van der Waals surface area (Å²) in [4.78, 5) is 2.70. The SMILES string of the molecule is CC(C)(C)c1ccc(N2c3ccc4c(oc5cc6ccccc6cc54)c3B3c4c(cc5ccccc5c42)-c2cc(C45CC6CC(CC(C6)C4)C5)cc4c5cc(C67CC8CC(CC(C8)C6)C7)ccc5n3c24)c(-c2ccccc2)c1. The number of anilines is 3. The molecule has 8 aliphatic carbocycles. The molecule has 0 saturated heterocycles. The third-order valence-electron chi connectivity index (χ3n) is 22.5. The molecule has 380 valence electrons. The van der Waals surface area contributed by atoms with E-state index in [4.69, 9.17) is 4.42 Å². The molecule has 2 aromatic heterocycles. The van der Waals surface area contributed by atoms with E-state index < -0.39 is 0 Å². The van der Waals surface area contributed by atoms with Gasteiger partial charge >= 0.3 is 6.85 Å². The first-order chi connectivity index (χ1) is 38.1. The van der Waals surface area contributed by atoms with Crippen LogP contribution in [0.5, 0.6) is 0 Å². The van der Waals surface area contributed by atoms with E-state index in [0.29, 0.717) is 5.41 Å². The maximum absolute atomic E-state index is 7.57. The summed E-state index contributed by atoms with van der Waals surface area (Å²) in [6.45, 7) is 6.90. The third kappa shape index (κ3) is 5.82. The van der Waals surface area contributed by atoms with Crippen LogP contribution in [0.3, 0.4) is 0 Å². The lowest BCUT2D eigenvalue weighted by Gasteiger charge is -2.57. The monoisotopic (exact) mass is 1010 g/mol. The van der Waals surface area contributed by atoms with Crippen molar-refractivity contribution in [1.29, 1.82) is 0 Å². The fraction of sp³-hybridized carbons (Fsp3) is 0.324. The molecule has 0 atom stereocenters. The van der Waals surface area contributed by atoms with Gasteiger partial charge < -0.3 is 13.8 Å². The lowest BCUT2D eigenvalue weighted by atomic mass is 9.44.